The summed E-state index contributed by atoms with van der Waals surface area (Å²) in [6, 6.07) is 9.64. The molecule has 1 unspecified atom stereocenters. The summed E-state index contributed by atoms with van der Waals surface area (Å²) in [6.45, 7) is 5.98. The van der Waals surface area contributed by atoms with Gasteiger partial charge in [0.15, 0.2) is 5.13 Å². The third-order valence-corrected chi connectivity index (χ3v) is 5.25. The van der Waals surface area contributed by atoms with Gasteiger partial charge >= 0.3 is 0 Å². The molecule has 0 radical (unpaired) electrons. The van der Waals surface area contributed by atoms with E-state index in [0.29, 0.717) is 5.13 Å². The maximum Gasteiger partial charge on any atom is 0.247 e. The van der Waals surface area contributed by atoms with Crippen LogP contribution in [0.2, 0.25) is 0 Å². The van der Waals surface area contributed by atoms with Crippen molar-refractivity contribution in [3.63, 3.8) is 0 Å². The Labute approximate surface area is 131 Å². The zero-order valence-electron chi connectivity index (χ0n) is 11.7. The molecule has 3 nitrogen and oxygen atoms in total. The number of halogens is 1. The van der Waals surface area contributed by atoms with E-state index in [2.05, 4.69) is 20.9 Å². The number of benzene rings is 1. The Hall–Kier alpha value is -1.20. The number of para-hydroxylation sites is 1. The lowest BCUT2D eigenvalue weighted by atomic mass is 10.1. The van der Waals surface area contributed by atoms with E-state index in [-0.39, 0.29) is 16.7 Å². The molecule has 0 spiro atoms. The van der Waals surface area contributed by atoms with Crippen molar-refractivity contribution in [1.82, 2.24) is 4.98 Å². The highest BCUT2D eigenvalue weighted by Gasteiger charge is 2.28. The van der Waals surface area contributed by atoms with E-state index in [1.54, 1.807) is 4.90 Å². The number of aromatic nitrogens is 1. The highest BCUT2D eigenvalue weighted by molar-refractivity contribution is 9.10. The molecule has 2 aromatic rings. The van der Waals surface area contributed by atoms with Gasteiger partial charge in [-0.25, -0.2) is 4.98 Å². The molecular formula is C15H17BrN2OS. The Balaban J connectivity index is 2.42. The van der Waals surface area contributed by atoms with Crippen LogP contribution in [0.5, 0.6) is 0 Å². The van der Waals surface area contributed by atoms with Crippen LogP contribution in [0.1, 0.15) is 19.5 Å². The molecule has 0 fully saturated rings. The molecule has 1 atom stereocenters. The lowest BCUT2D eigenvalue weighted by molar-refractivity contribution is -0.117. The van der Waals surface area contributed by atoms with Crippen LogP contribution >= 0.6 is 27.3 Å². The van der Waals surface area contributed by atoms with Crippen LogP contribution in [-0.2, 0) is 4.79 Å². The second-order valence-corrected chi connectivity index (χ2v) is 6.75. The van der Waals surface area contributed by atoms with E-state index in [0.717, 1.165) is 11.4 Å². The van der Waals surface area contributed by atoms with Crippen molar-refractivity contribution in [3.05, 3.63) is 41.4 Å². The first-order chi connectivity index (χ1) is 9.50. The quantitative estimate of drug-likeness (QED) is 0.757. The fraction of sp³-hybridized carbons (Fsp3) is 0.333. The molecule has 1 aromatic heterocycles. The number of anilines is 2. The molecule has 0 saturated carbocycles. The molecule has 106 valence electrons. The van der Waals surface area contributed by atoms with Gasteiger partial charge in [-0.15, -0.1) is 11.3 Å². The number of rotatable bonds is 4. The Morgan fingerprint density at radius 1 is 1.30 bits per heavy atom. The molecule has 0 saturated heterocycles. The molecule has 5 heteroatoms. The van der Waals surface area contributed by atoms with E-state index in [4.69, 9.17) is 0 Å². The Morgan fingerprint density at radius 3 is 2.45 bits per heavy atom. The predicted octanol–water partition coefficient (Wildman–Crippen LogP) is 4.54. The smallest absolute Gasteiger partial charge is 0.247 e. The number of thiazole rings is 1. The van der Waals surface area contributed by atoms with Crippen LogP contribution in [-0.4, -0.2) is 15.7 Å². The number of alkyl halides is 1. The van der Waals surface area contributed by atoms with E-state index in [9.17, 15) is 4.79 Å². The fourth-order valence-corrected chi connectivity index (χ4v) is 2.79. The number of nitrogens with zero attached hydrogens (tertiary/aromatic N) is 2. The molecule has 0 aliphatic rings. The standard InChI is InChI=1S/C15H17BrN2OS/c1-10(2)13(16)14(19)18(12-7-5-4-6-8-12)15-17-11(3)9-20-15/h4-10,13H,1-3H3. The number of carbonyl (C=O) groups excluding carboxylic acids is 1. The molecule has 1 amide bonds. The number of hydrogen-bond acceptors (Lipinski definition) is 3. The molecule has 0 aliphatic carbocycles. The number of carbonyl (C=O) groups is 1. The van der Waals surface area contributed by atoms with Crippen LogP contribution in [0.25, 0.3) is 0 Å². The first-order valence-electron chi connectivity index (χ1n) is 6.46. The first-order valence-corrected chi connectivity index (χ1v) is 8.25. The van der Waals surface area contributed by atoms with Gasteiger partial charge in [-0.05, 0) is 25.0 Å². The van der Waals surface area contributed by atoms with Gasteiger partial charge in [0, 0.05) is 5.38 Å². The molecule has 0 bridgehead atoms. The van der Waals surface area contributed by atoms with E-state index < -0.39 is 0 Å². The van der Waals surface area contributed by atoms with Gasteiger partial charge in [0.25, 0.3) is 0 Å². The van der Waals surface area contributed by atoms with Gasteiger partial charge in [0.05, 0.1) is 16.2 Å². The second kappa shape index (κ2) is 6.50. The van der Waals surface area contributed by atoms with Crippen LogP contribution < -0.4 is 4.90 Å². The topological polar surface area (TPSA) is 33.2 Å². The fourth-order valence-electron chi connectivity index (χ4n) is 1.76. The average Bonchev–Trinajstić information content (AvgIpc) is 2.85. The normalized spacial score (nSPS) is 12.4. The number of aryl methyl sites for hydroxylation is 1. The summed E-state index contributed by atoms with van der Waals surface area (Å²) in [5.74, 6) is 0.232. The summed E-state index contributed by atoms with van der Waals surface area (Å²) < 4.78 is 0. The highest BCUT2D eigenvalue weighted by atomic mass is 79.9. The van der Waals surface area contributed by atoms with Crippen LogP contribution in [0.3, 0.4) is 0 Å². The molecule has 20 heavy (non-hydrogen) atoms. The minimum absolute atomic E-state index is 0.0144. The molecule has 1 aromatic carbocycles. The number of hydrogen-bond donors (Lipinski definition) is 0. The lowest BCUT2D eigenvalue weighted by Gasteiger charge is -2.24. The lowest BCUT2D eigenvalue weighted by Crippen LogP contribution is -2.35. The van der Waals surface area contributed by atoms with Gasteiger partial charge in [0.2, 0.25) is 5.91 Å². The van der Waals surface area contributed by atoms with Gasteiger partial charge in [-0.3, -0.25) is 9.69 Å². The second-order valence-electron chi connectivity index (χ2n) is 4.93. The summed E-state index contributed by atoms with van der Waals surface area (Å²) in [4.78, 5) is 18.7. The Morgan fingerprint density at radius 2 is 1.95 bits per heavy atom. The third kappa shape index (κ3) is 3.27. The molecule has 2 rings (SSSR count). The molecule has 1 heterocycles. The van der Waals surface area contributed by atoms with Crippen LogP contribution in [0, 0.1) is 12.8 Å². The van der Waals surface area contributed by atoms with Gasteiger partial charge in [-0.2, -0.15) is 0 Å². The summed E-state index contributed by atoms with van der Waals surface area (Å²) >= 11 is 4.98. The highest BCUT2D eigenvalue weighted by Crippen LogP contribution is 2.31. The summed E-state index contributed by atoms with van der Waals surface area (Å²) in [5.41, 5.74) is 1.77. The van der Waals surface area contributed by atoms with Crippen molar-refractivity contribution < 1.29 is 4.79 Å². The van der Waals surface area contributed by atoms with Gasteiger partial charge < -0.3 is 0 Å². The van der Waals surface area contributed by atoms with Gasteiger partial charge in [-0.1, -0.05) is 48.0 Å². The van der Waals surface area contributed by atoms with Crippen LogP contribution in [0.15, 0.2) is 35.7 Å². The van der Waals surface area contributed by atoms with Crippen molar-refractivity contribution in [1.29, 1.82) is 0 Å². The zero-order chi connectivity index (χ0) is 14.7. The monoisotopic (exact) mass is 352 g/mol. The van der Waals surface area contributed by atoms with Gasteiger partial charge in [0.1, 0.15) is 0 Å². The van der Waals surface area contributed by atoms with Crippen molar-refractivity contribution >= 4 is 44.0 Å². The van der Waals surface area contributed by atoms with Crippen molar-refractivity contribution in [2.24, 2.45) is 5.92 Å². The molecular weight excluding hydrogens is 336 g/mol. The zero-order valence-corrected chi connectivity index (χ0v) is 14.1. The summed E-state index contributed by atoms with van der Waals surface area (Å²) in [6.07, 6.45) is 0. The van der Waals surface area contributed by atoms with E-state index in [1.807, 2.05) is 56.5 Å². The van der Waals surface area contributed by atoms with E-state index >= 15 is 0 Å². The third-order valence-electron chi connectivity index (χ3n) is 2.85. The molecule has 0 N–H and O–H groups in total. The van der Waals surface area contributed by atoms with Crippen molar-refractivity contribution in [2.45, 2.75) is 25.6 Å². The first kappa shape index (κ1) is 15.2. The number of amides is 1. The summed E-state index contributed by atoms with van der Waals surface area (Å²) in [5, 5.41) is 2.67. The maximum absolute atomic E-state index is 12.7. The Kier molecular flexibility index (Phi) is 4.94. The molecule has 0 aliphatic heterocycles. The summed E-state index contributed by atoms with van der Waals surface area (Å²) in [7, 11) is 0. The van der Waals surface area contributed by atoms with Crippen LogP contribution in [0.4, 0.5) is 10.8 Å². The van der Waals surface area contributed by atoms with Crippen molar-refractivity contribution in [2.75, 3.05) is 4.90 Å². The predicted molar refractivity (Wildman–Crippen MR) is 88.0 cm³/mol. The minimum atomic E-state index is -0.230. The Bertz CT molecular complexity index is 583. The largest absolute Gasteiger partial charge is 0.273 e. The average molecular weight is 353 g/mol. The SMILES string of the molecule is Cc1csc(N(C(=O)C(Br)C(C)C)c2ccccc2)n1. The maximum atomic E-state index is 12.7. The van der Waals surface area contributed by atoms with E-state index in [1.165, 1.54) is 11.3 Å². The minimum Gasteiger partial charge on any atom is -0.273 e. The van der Waals surface area contributed by atoms with Crippen molar-refractivity contribution in [3.8, 4) is 0 Å².